The van der Waals surface area contributed by atoms with Crippen molar-refractivity contribution in [2.45, 2.75) is 38.1 Å². The van der Waals surface area contributed by atoms with Crippen LogP contribution in [0.4, 0.5) is 0 Å². The van der Waals surface area contributed by atoms with E-state index < -0.39 is 0 Å². The van der Waals surface area contributed by atoms with Crippen LogP contribution in [0.1, 0.15) is 32.1 Å². The van der Waals surface area contributed by atoms with Gasteiger partial charge in [-0.15, -0.1) is 0 Å². The first-order valence-electron chi connectivity index (χ1n) is 4.00. The molecule has 1 aliphatic rings. The van der Waals surface area contributed by atoms with E-state index in [4.69, 9.17) is 5.73 Å². The number of nitrogens with two attached hydrogens (primary N) is 1. The van der Waals surface area contributed by atoms with Crippen molar-refractivity contribution in [1.82, 2.24) is 0 Å². The minimum atomic E-state index is -0.390. The molecule has 1 saturated carbocycles. The first-order valence-corrected chi connectivity index (χ1v) is 4.00. The van der Waals surface area contributed by atoms with Crippen LogP contribution in [0, 0.1) is 0 Å². The van der Waals surface area contributed by atoms with Crippen LogP contribution in [0.15, 0.2) is 0 Å². The minimum absolute atomic E-state index is 0.109. The molecule has 0 radical (unpaired) electrons. The molecule has 1 rings (SSSR count). The van der Waals surface area contributed by atoms with Crippen molar-refractivity contribution in [2.24, 2.45) is 5.73 Å². The van der Waals surface area contributed by atoms with Gasteiger partial charge in [0.05, 0.1) is 6.04 Å². The topological polar surface area (TPSA) is 60.2 Å². The Labute approximate surface area is 66.0 Å². The molecule has 62 valence electrons. The monoisotopic (exact) mass is 155 g/mol. The van der Waals surface area contributed by atoms with Gasteiger partial charge >= 0.3 is 0 Å². The second kappa shape index (κ2) is 3.62. The molecule has 0 aromatic carbocycles. The molecule has 1 unspecified atom stereocenters. The number of hydrogen-bond donors (Lipinski definition) is 1. The standard InChI is InChI=1S/C8H13NO2/c9-7-5-4-6(10)2-1-3-8(7)11/h7H,1-5,9H2. The lowest BCUT2D eigenvalue weighted by Crippen LogP contribution is -2.32. The normalized spacial score (nSPS) is 27.9. The molecule has 2 N–H and O–H groups in total. The van der Waals surface area contributed by atoms with Crippen molar-refractivity contribution in [3.05, 3.63) is 0 Å². The number of ketones is 2. The van der Waals surface area contributed by atoms with Crippen LogP contribution in [0.3, 0.4) is 0 Å². The van der Waals surface area contributed by atoms with Gasteiger partial charge in [0.2, 0.25) is 0 Å². The summed E-state index contributed by atoms with van der Waals surface area (Å²) in [5.41, 5.74) is 5.51. The Morgan fingerprint density at radius 2 is 1.91 bits per heavy atom. The molecule has 1 aliphatic carbocycles. The molecule has 0 aromatic heterocycles. The van der Waals surface area contributed by atoms with Crippen molar-refractivity contribution in [3.8, 4) is 0 Å². The molecule has 3 nitrogen and oxygen atoms in total. The maximum atomic E-state index is 11.0. The van der Waals surface area contributed by atoms with E-state index in [0.717, 1.165) is 0 Å². The van der Waals surface area contributed by atoms with Crippen LogP contribution in [-0.4, -0.2) is 17.6 Å². The molecular weight excluding hydrogens is 142 g/mol. The average molecular weight is 155 g/mol. The second-order valence-corrected chi connectivity index (χ2v) is 3.00. The molecule has 0 aromatic rings. The maximum absolute atomic E-state index is 11.0. The fourth-order valence-corrected chi connectivity index (χ4v) is 1.25. The number of hydrogen-bond acceptors (Lipinski definition) is 3. The van der Waals surface area contributed by atoms with E-state index in [1.807, 2.05) is 0 Å². The predicted molar refractivity (Wildman–Crippen MR) is 41.1 cm³/mol. The number of Topliss-reactive ketones (excluding diaryl/α,β-unsaturated/α-hetero) is 2. The number of carbonyl (C=O) groups is 2. The van der Waals surface area contributed by atoms with Gasteiger partial charge in [0.25, 0.3) is 0 Å². The summed E-state index contributed by atoms with van der Waals surface area (Å²) in [5.74, 6) is 0.352. The third-order valence-electron chi connectivity index (χ3n) is 2.03. The molecule has 3 heteroatoms. The van der Waals surface area contributed by atoms with Crippen LogP contribution in [0.5, 0.6) is 0 Å². The second-order valence-electron chi connectivity index (χ2n) is 3.00. The smallest absolute Gasteiger partial charge is 0.149 e. The van der Waals surface area contributed by atoms with Gasteiger partial charge in [0.15, 0.2) is 0 Å². The zero-order valence-corrected chi connectivity index (χ0v) is 6.51. The lowest BCUT2D eigenvalue weighted by molar-refractivity contribution is -0.123. The lowest BCUT2D eigenvalue weighted by atomic mass is 9.95. The summed E-state index contributed by atoms with van der Waals surface area (Å²) in [5, 5.41) is 0. The molecule has 0 spiro atoms. The van der Waals surface area contributed by atoms with E-state index in [1.54, 1.807) is 0 Å². The van der Waals surface area contributed by atoms with E-state index in [9.17, 15) is 9.59 Å². The Kier molecular flexibility index (Phi) is 2.76. The highest BCUT2D eigenvalue weighted by molar-refractivity contribution is 5.87. The molecule has 0 saturated heterocycles. The Hall–Kier alpha value is -0.700. The van der Waals surface area contributed by atoms with E-state index in [0.29, 0.717) is 32.1 Å². The van der Waals surface area contributed by atoms with E-state index >= 15 is 0 Å². The molecule has 1 atom stereocenters. The summed E-state index contributed by atoms with van der Waals surface area (Å²) in [6, 6.07) is -0.390. The van der Waals surface area contributed by atoms with Gasteiger partial charge in [0.1, 0.15) is 11.6 Å². The highest BCUT2D eigenvalue weighted by atomic mass is 16.1. The molecule has 11 heavy (non-hydrogen) atoms. The fraction of sp³-hybridized carbons (Fsp3) is 0.750. The molecule has 0 aliphatic heterocycles. The van der Waals surface area contributed by atoms with Crippen LogP contribution in [0.25, 0.3) is 0 Å². The highest BCUT2D eigenvalue weighted by Gasteiger charge is 2.17. The fourth-order valence-electron chi connectivity index (χ4n) is 1.25. The van der Waals surface area contributed by atoms with Gasteiger partial charge in [0, 0.05) is 19.3 Å². The number of rotatable bonds is 0. The predicted octanol–water partition coefficient (Wildman–Crippen LogP) is 0.416. The largest absolute Gasteiger partial charge is 0.321 e. The van der Waals surface area contributed by atoms with E-state index in [-0.39, 0.29) is 17.6 Å². The van der Waals surface area contributed by atoms with Crippen molar-refractivity contribution in [2.75, 3.05) is 0 Å². The minimum Gasteiger partial charge on any atom is -0.321 e. The van der Waals surface area contributed by atoms with Gasteiger partial charge < -0.3 is 5.73 Å². The average Bonchev–Trinajstić information content (AvgIpc) is 1.98. The molecule has 0 heterocycles. The van der Waals surface area contributed by atoms with Gasteiger partial charge in [-0.1, -0.05) is 0 Å². The van der Waals surface area contributed by atoms with Crippen molar-refractivity contribution >= 4 is 11.6 Å². The number of carbonyl (C=O) groups excluding carboxylic acids is 2. The summed E-state index contributed by atoms with van der Waals surface area (Å²) in [6.45, 7) is 0. The maximum Gasteiger partial charge on any atom is 0.149 e. The molecule has 0 bridgehead atoms. The third kappa shape index (κ3) is 2.42. The van der Waals surface area contributed by atoms with Gasteiger partial charge in [-0.3, -0.25) is 9.59 Å². The Morgan fingerprint density at radius 3 is 2.64 bits per heavy atom. The first kappa shape index (κ1) is 8.40. The van der Waals surface area contributed by atoms with E-state index in [2.05, 4.69) is 0 Å². The van der Waals surface area contributed by atoms with Crippen molar-refractivity contribution < 1.29 is 9.59 Å². The van der Waals surface area contributed by atoms with Gasteiger partial charge in [-0.05, 0) is 12.8 Å². The SMILES string of the molecule is NC1CCC(=O)CCCC1=O. The first-order chi connectivity index (χ1) is 5.20. The highest BCUT2D eigenvalue weighted by Crippen LogP contribution is 2.10. The van der Waals surface area contributed by atoms with Crippen molar-refractivity contribution in [3.63, 3.8) is 0 Å². The van der Waals surface area contributed by atoms with Crippen LogP contribution < -0.4 is 5.73 Å². The van der Waals surface area contributed by atoms with Gasteiger partial charge in [-0.25, -0.2) is 0 Å². The van der Waals surface area contributed by atoms with E-state index in [1.165, 1.54) is 0 Å². The van der Waals surface area contributed by atoms with Crippen LogP contribution in [0.2, 0.25) is 0 Å². The third-order valence-corrected chi connectivity index (χ3v) is 2.03. The Balaban J connectivity index is 2.47. The van der Waals surface area contributed by atoms with Gasteiger partial charge in [-0.2, -0.15) is 0 Å². The summed E-state index contributed by atoms with van der Waals surface area (Å²) in [6.07, 6.45) is 2.74. The lowest BCUT2D eigenvalue weighted by Gasteiger charge is -2.12. The molecule has 1 fully saturated rings. The quantitative estimate of drug-likeness (QED) is 0.551. The summed E-state index contributed by atoms with van der Waals surface area (Å²) >= 11 is 0. The summed E-state index contributed by atoms with van der Waals surface area (Å²) in [7, 11) is 0. The zero-order chi connectivity index (χ0) is 8.27. The zero-order valence-electron chi connectivity index (χ0n) is 6.51. The Bertz CT molecular complexity index is 177. The van der Waals surface area contributed by atoms with Crippen LogP contribution in [-0.2, 0) is 9.59 Å². The Morgan fingerprint density at radius 1 is 1.18 bits per heavy atom. The molecular formula is C8H13NO2. The van der Waals surface area contributed by atoms with Crippen molar-refractivity contribution in [1.29, 1.82) is 0 Å². The summed E-state index contributed by atoms with van der Waals surface area (Å²) in [4.78, 5) is 22.0. The van der Waals surface area contributed by atoms with Crippen LogP contribution >= 0.6 is 0 Å². The molecule has 0 amide bonds. The summed E-state index contributed by atoms with van der Waals surface area (Å²) < 4.78 is 0.